The minimum absolute atomic E-state index is 0.647. The molecule has 4 nitrogen and oxygen atoms in total. The quantitative estimate of drug-likeness (QED) is 0.824. The molecule has 0 aliphatic heterocycles. The summed E-state index contributed by atoms with van der Waals surface area (Å²) in [5, 5.41) is 10.7. The van der Waals surface area contributed by atoms with Crippen LogP contribution in [0.1, 0.15) is 5.56 Å². The van der Waals surface area contributed by atoms with Gasteiger partial charge in [-0.1, -0.05) is 17.4 Å². The maximum absolute atomic E-state index is 5.26. The Hall–Kier alpha value is -1.40. The molecule has 2 aromatic rings. The molecule has 0 aliphatic rings. The lowest BCUT2D eigenvalue weighted by molar-refractivity contribution is 0.416. The molecule has 0 radical (unpaired) electrons. The van der Waals surface area contributed by atoms with Crippen LogP contribution in [-0.4, -0.2) is 17.3 Å². The molecule has 0 fully saturated rings. The number of anilines is 2. The highest BCUT2D eigenvalue weighted by molar-refractivity contribution is 7.73. The molecular weight excluding hydrogens is 242 g/mol. The smallest absolute Gasteiger partial charge is 0.208 e. The largest absolute Gasteiger partial charge is 0.495 e. The molecule has 16 heavy (non-hydrogen) atoms. The van der Waals surface area contributed by atoms with Gasteiger partial charge in [-0.25, -0.2) is 0 Å². The second-order valence-electron chi connectivity index (χ2n) is 3.25. The molecule has 84 valence electrons. The van der Waals surface area contributed by atoms with Crippen LogP contribution in [0.3, 0.4) is 0 Å². The third kappa shape index (κ3) is 2.40. The Balaban J connectivity index is 2.32. The van der Waals surface area contributed by atoms with Crippen LogP contribution in [0.5, 0.6) is 5.75 Å². The van der Waals surface area contributed by atoms with Gasteiger partial charge in [0.1, 0.15) is 5.75 Å². The van der Waals surface area contributed by atoms with Crippen molar-refractivity contribution >= 4 is 34.4 Å². The molecule has 2 N–H and O–H groups in total. The van der Waals surface area contributed by atoms with Crippen molar-refractivity contribution in [3.8, 4) is 5.75 Å². The number of benzene rings is 1. The van der Waals surface area contributed by atoms with Gasteiger partial charge in [-0.05, 0) is 36.8 Å². The molecule has 0 saturated heterocycles. The van der Waals surface area contributed by atoms with E-state index in [1.807, 2.05) is 25.1 Å². The Kier molecular flexibility index (Phi) is 3.21. The highest BCUT2D eigenvalue weighted by atomic mass is 32.1. The van der Waals surface area contributed by atoms with Crippen LogP contribution in [0.2, 0.25) is 0 Å². The van der Waals surface area contributed by atoms with E-state index in [4.69, 9.17) is 17.0 Å². The lowest BCUT2D eigenvalue weighted by Crippen LogP contribution is -1.94. The molecule has 6 heteroatoms. The average Bonchev–Trinajstić information content (AvgIpc) is 2.64. The number of ether oxygens (including phenoxy) is 1. The zero-order valence-electron chi connectivity index (χ0n) is 8.90. The van der Waals surface area contributed by atoms with Crippen molar-refractivity contribution in [2.75, 3.05) is 12.4 Å². The van der Waals surface area contributed by atoms with Gasteiger partial charge < -0.3 is 10.1 Å². The van der Waals surface area contributed by atoms with E-state index in [9.17, 15) is 0 Å². The Morgan fingerprint density at radius 1 is 1.50 bits per heavy atom. The molecule has 0 spiro atoms. The predicted octanol–water partition coefficient (Wildman–Crippen LogP) is 3.26. The van der Waals surface area contributed by atoms with Gasteiger partial charge in [-0.3, -0.25) is 5.10 Å². The number of methoxy groups -OCH3 is 1. The van der Waals surface area contributed by atoms with Gasteiger partial charge in [-0.15, -0.1) is 5.10 Å². The van der Waals surface area contributed by atoms with E-state index in [0.29, 0.717) is 3.95 Å². The van der Waals surface area contributed by atoms with Crippen LogP contribution < -0.4 is 10.1 Å². The summed E-state index contributed by atoms with van der Waals surface area (Å²) in [4.78, 5) is 0. The molecule has 0 unspecified atom stereocenters. The summed E-state index contributed by atoms with van der Waals surface area (Å²) < 4.78 is 5.90. The normalized spacial score (nSPS) is 10.1. The predicted molar refractivity (Wildman–Crippen MR) is 68.3 cm³/mol. The van der Waals surface area contributed by atoms with E-state index in [2.05, 4.69) is 15.5 Å². The third-order valence-corrected chi connectivity index (χ3v) is 3.04. The van der Waals surface area contributed by atoms with Crippen LogP contribution in [0.4, 0.5) is 10.8 Å². The fraction of sp³-hybridized carbons (Fsp3) is 0.200. The topological polar surface area (TPSA) is 49.9 Å². The molecule has 2 rings (SSSR count). The van der Waals surface area contributed by atoms with E-state index in [0.717, 1.165) is 22.1 Å². The number of aryl methyl sites for hydroxylation is 1. The number of nitrogens with zero attached hydrogens (tertiary/aromatic N) is 1. The standard InChI is InChI=1S/C10H11N3OS2/c1-6-3-4-8(14-2)7(5-6)11-9-12-13-10(15)16-9/h3-5H,1-2H3,(H,11,12)(H,13,15). The van der Waals surface area contributed by atoms with Crippen molar-refractivity contribution in [1.82, 2.24) is 10.2 Å². The number of hydrogen-bond donors (Lipinski definition) is 2. The molecule has 0 bridgehead atoms. The van der Waals surface area contributed by atoms with E-state index >= 15 is 0 Å². The van der Waals surface area contributed by atoms with Crippen LogP contribution in [0.15, 0.2) is 18.2 Å². The Morgan fingerprint density at radius 3 is 2.94 bits per heavy atom. The number of rotatable bonds is 3. The van der Waals surface area contributed by atoms with Gasteiger partial charge >= 0.3 is 0 Å². The van der Waals surface area contributed by atoms with Crippen molar-refractivity contribution in [3.05, 3.63) is 27.7 Å². The van der Waals surface area contributed by atoms with Gasteiger partial charge in [-0.2, -0.15) is 0 Å². The van der Waals surface area contributed by atoms with Gasteiger partial charge in [0.2, 0.25) is 5.13 Å². The molecule has 0 aliphatic carbocycles. The van der Waals surface area contributed by atoms with Gasteiger partial charge in [0.25, 0.3) is 0 Å². The van der Waals surface area contributed by atoms with Crippen molar-refractivity contribution in [2.24, 2.45) is 0 Å². The minimum Gasteiger partial charge on any atom is -0.495 e. The summed E-state index contributed by atoms with van der Waals surface area (Å²) in [6, 6.07) is 5.92. The second kappa shape index (κ2) is 4.63. The maximum atomic E-state index is 5.26. The highest BCUT2D eigenvalue weighted by Crippen LogP contribution is 2.29. The van der Waals surface area contributed by atoms with Crippen molar-refractivity contribution < 1.29 is 4.74 Å². The number of hydrogen-bond acceptors (Lipinski definition) is 5. The zero-order valence-corrected chi connectivity index (χ0v) is 10.5. The number of nitrogens with one attached hydrogen (secondary N) is 2. The number of H-pyrrole nitrogens is 1. The molecule has 0 saturated carbocycles. The SMILES string of the molecule is COc1ccc(C)cc1Nc1n[nH]c(=S)s1. The van der Waals surface area contributed by atoms with E-state index in [1.54, 1.807) is 7.11 Å². The monoisotopic (exact) mass is 253 g/mol. The number of aromatic amines is 1. The van der Waals surface area contributed by atoms with Gasteiger partial charge in [0.15, 0.2) is 3.95 Å². The first kappa shape index (κ1) is 11.1. The van der Waals surface area contributed by atoms with Crippen molar-refractivity contribution in [3.63, 3.8) is 0 Å². The average molecular weight is 253 g/mol. The summed E-state index contributed by atoms with van der Waals surface area (Å²) in [7, 11) is 1.64. The molecule has 0 amide bonds. The van der Waals surface area contributed by atoms with E-state index in [1.165, 1.54) is 11.3 Å². The maximum Gasteiger partial charge on any atom is 0.208 e. The van der Waals surface area contributed by atoms with E-state index in [-0.39, 0.29) is 0 Å². The number of aromatic nitrogens is 2. The third-order valence-electron chi connectivity index (χ3n) is 2.03. The Morgan fingerprint density at radius 2 is 2.31 bits per heavy atom. The summed E-state index contributed by atoms with van der Waals surface area (Å²) in [5.41, 5.74) is 2.04. The first-order valence-corrected chi connectivity index (χ1v) is 5.88. The minimum atomic E-state index is 0.647. The fourth-order valence-corrected chi connectivity index (χ4v) is 2.12. The first-order valence-electron chi connectivity index (χ1n) is 4.66. The van der Waals surface area contributed by atoms with Crippen LogP contribution in [-0.2, 0) is 0 Å². The summed E-state index contributed by atoms with van der Waals surface area (Å²) >= 11 is 6.35. The van der Waals surface area contributed by atoms with Crippen LogP contribution >= 0.6 is 23.6 Å². The molecular formula is C10H11N3OS2. The lowest BCUT2D eigenvalue weighted by Gasteiger charge is -2.09. The second-order valence-corrected chi connectivity index (χ2v) is 4.91. The molecule has 0 atom stereocenters. The fourth-order valence-electron chi connectivity index (χ4n) is 1.32. The summed E-state index contributed by atoms with van der Waals surface area (Å²) in [6.45, 7) is 2.02. The molecule has 1 heterocycles. The van der Waals surface area contributed by atoms with Gasteiger partial charge in [0.05, 0.1) is 12.8 Å². The summed E-state index contributed by atoms with van der Waals surface area (Å²) in [6.07, 6.45) is 0. The lowest BCUT2D eigenvalue weighted by atomic mass is 10.2. The zero-order chi connectivity index (χ0) is 11.5. The molecule has 1 aromatic heterocycles. The van der Waals surface area contributed by atoms with E-state index < -0.39 is 0 Å². The van der Waals surface area contributed by atoms with Crippen molar-refractivity contribution in [2.45, 2.75) is 6.92 Å². The van der Waals surface area contributed by atoms with Gasteiger partial charge in [0, 0.05) is 0 Å². The van der Waals surface area contributed by atoms with Crippen LogP contribution in [0.25, 0.3) is 0 Å². The highest BCUT2D eigenvalue weighted by Gasteiger charge is 2.05. The first-order chi connectivity index (χ1) is 7.69. The Bertz CT molecular complexity index is 547. The van der Waals surface area contributed by atoms with Crippen LogP contribution in [0, 0.1) is 10.9 Å². The molecule has 1 aromatic carbocycles. The summed E-state index contributed by atoms with van der Waals surface area (Å²) in [5.74, 6) is 0.784. The Labute approximate surface area is 102 Å². The van der Waals surface area contributed by atoms with Crippen molar-refractivity contribution in [1.29, 1.82) is 0 Å².